The van der Waals surface area contributed by atoms with E-state index in [0.717, 1.165) is 94.1 Å². The molecule has 0 saturated heterocycles. The highest BCUT2D eigenvalue weighted by Gasteiger charge is 2.35. The molecule has 314 valence electrons. The highest BCUT2D eigenvalue weighted by molar-refractivity contribution is 5.70. The summed E-state index contributed by atoms with van der Waals surface area (Å²) in [4.78, 5) is 24.4. The van der Waals surface area contributed by atoms with Gasteiger partial charge in [-0.1, -0.05) is 52.0 Å². The van der Waals surface area contributed by atoms with Crippen molar-refractivity contribution in [3.05, 3.63) is 143 Å². The molecule has 0 bridgehead atoms. The smallest absolute Gasteiger partial charge is 0.364 e. The van der Waals surface area contributed by atoms with Crippen molar-refractivity contribution in [2.24, 2.45) is 7.05 Å². The fourth-order valence-corrected chi connectivity index (χ4v) is 8.98. The Bertz CT molecular complexity index is 2720. The molecule has 13 heteroatoms. The van der Waals surface area contributed by atoms with Gasteiger partial charge in [0.1, 0.15) is 23.3 Å². The van der Waals surface area contributed by atoms with Crippen molar-refractivity contribution in [1.82, 2.24) is 33.6 Å². The first-order chi connectivity index (χ1) is 29.2. The average molecular weight is 828 g/mol. The maximum absolute atomic E-state index is 13.8. The zero-order chi connectivity index (χ0) is 42.7. The molecule has 6 heterocycles. The number of pyridine rings is 1. The molecule has 0 saturated carbocycles. The monoisotopic (exact) mass is 827 g/mol. The van der Waals surface area contributed by atoms with Crippen molar-refractivity contribution in [1.29, 1.82) is 0 Å². The van der Waals surface area contributed by atoms with E-state index >= 15 is 0 Å². The Balaban J connectivity index is 1.04. The molecular weight excluding hydrogens is 779 g/mol. The summed E-state index contributed by atoms with van der Waals surface area (Å²) in [6.45, 7) is 15.1. The van der Waals surface area contributed by atoms with E-state index in [0.29, 0.717) is 31.6 Å². The van der Waals surface area contributed by atoms with E-state index in [-0.39, 0.29) is 23.5 Å². The molecule has 9 rings (SSSR count). The van der Waals surface area contributed by atoms with Crippen LogP contribution < -0.4 is 9.80 Å². The molecule has 7 aromatic rings. The van der Waals surface area contributed by atoms with Gasteiger partial charge in [0.2, 0.25) is 0 Å². The van der Waals surface area contributed by atoms with Gasteiger partial charge in [-0.2, -0.15) is 13.2 Å². The molecule has 0 N–H and O–H groups in total. The van der Waals surface area contributed by atoms with Crippen LogP contribution in [0.3, 0.4) is 0 Å². The molecule has 9 nitrogen and oxygen atoms in total. The summed E-state index contributed by atoms with van der Waals surface area (Å²) in [7, 11) is 1.58. The van der Waals surface area contributed by atoms with Gasteiger partial charge in [-0.15, -0.1) is 0 Å². The average Bonchev–Trinajstić information content (AvgIpc) is 3.93. The third-order valence-corrected chi connectivity index (χ3v) is 12.1. The Morgan fingerprint density at radius 3 is 1.92 bits per heavy atom. The number of imidazole rings is 3. The van der Waals surface area contributed by atoms with Crippen LogP contribution in [-0.4, -0.2) is 46.7 Å². The van der Waals surface area contributed by atoms with E-state index in [4.69, 9.17) is 15.0 Å². The summed E-state index contributed by atoms with van der Waals surface area (Å²) in [6, 6.07) is 27.1. The number of aryl methyl sites for hydroxylation is 2. The molecule has 4 aromatic heterocycles. The van der Waals surface area contributed by atoms with Crippen LogP contribution in [0.1, 0.15) is 85.2 Å². The first kappa shape index (κ1) is 40.2. The summed E-state index contributed by atoms with van der Waals surface area (Å²) >= 11 is 0. The molecule has 3 aromatic carbocycles. The van der Waals surface area contributed by atoms with Gasteiger partial charge >= 0.3 is 6.18 Å². The number of fused-ring (bicyclic) bond motifs is 2. The Morgan fingerprint density at radius 1 is 0.656 bits per heavy atom. The Morgan fingerprint density at radius 2 is 1.28 bits per heavy atom. The maximum Gasteiger partial charge on any atom is 0.434 e. The Hall–Kier alpha value is -6.24. The second kappa shape index (κ2) is 15.7. The predicted molar refractivity (Wildman–Crippen MR) is 231 cm³/mol. The lowest BCUT2D eigenvalue weighted by atomic mass is 9.94. The number of alkyl halides is 3. The van der Waals surface area contributed by atoms with E-state index in [9.17, 15) is 17.6 Å². The second-order valence-corrected chi connectivity index (χ2v) is 16.8. The van der Waals surface area contributed by atoms with Gasteiger partial charge in [-0.25, -0.2) is 19.3 Å². The van der Waals surface area contributed by atoms with Crippen LogP contribution in [0.5, 0.6) is 0 Å². The van der Waals surface area contributed by atoms with Crippen LogP contribution in [0.15, 0.2) is 91.1 Å². The van der Waals surface area contributed by atoms with Crippen molar-refractivity contribution >= 4 is 11.4 Å². The Labute approximate surface area is 353 Å². The summed E-state index contributed by atoms with van der Waals surface area (Å²) in [5, 5.41) is 0. The normalized spacial score (nSPS) is 14.3. The lowest BCUT2D eigenvalue weighted by Crippen LogP contribution is -2.34. The first-order valence-electron chi connectivity index (χ1n) is 20.9. The lowest BCUT2D eigenvalue weighted by molar-refractivity contribution is -0.140. The summed E-state index contributed by atoms with van der Waals surface area (Å²) in [6.07, 6.45) is -2.94. The molecule has 0 atom stereocenters. The topological polar surface area (TPSA) is 72.8 Å². The highest BCUT2D eigenvalue weighted by atomic mass is 19.4. The van der Waals surface area contributed by atoms with Crippen molar-refractivity contribution in [3.8, 4) is 33.9 Å². The van der Waals surface area contributed by atoms with Crippen LogP contribution in [-0.2, 0) is 45.8 Å². The van der Waals surface area contributed by atoms with Gasteiger partial charge in [-0.05, 0) is 85.0 Å². The van der Waals surface area contributed by atoms with Crippen molar-refractivity contribution < 1.29 is 17.6 Å². The van der Waals surface area contributed by atoms with Crippen LogP contribution in [0.25, 0.3) is 33.9 Å². The van der Waals surface area contributed by atoms with Gasteiger partial charge in [0, 0.05) is 79.6 Å². The number of rotatable bonds is 9. The molecule has 0 radical (unpaired) electrons. The summed E-state index contributed by atoms with van der Waals surface area (Å²) < 4.78 is 60.1. The summed E-state index contributed by atoms with van der Waals surface area (Å²) in [5.74, 6) is 2.37. The zero-order valence-electron chi connectivity index (χ0n) is 35.3. The molecular formula is C48H49F4N9. The predicted octanol–water partition coefficient (Wildman–Crippen LogP) is 10.6. The van der Waals surface area contributed by atoms with Gasteiger partial charge < -0.3 is 23.5 Å². The van der Waals surface area contributed by atoms with E-state index in [1.165, 1.54) is 22.3 Å². The number of hydrogen-bond donors (Lipinski definition) is 0. The van der Waals surface area contributed by atoms with E-state index in [1.807, 2.05) is 36.4 Å². The largest absolute Gasteiger partial charge is 0.434 e. The molecule has 0 fully saturated rings. The van der Waals surface area contributed by atoms with Crippen LogP contribution >= 0.6 is 0 Å². The number of anilines is 2. The van der Waals surface area contributed by atoms with E-state index in [2.05, 4.69) is 94.9 Å². The molecule has 0 aliphatic carbocycles. The third kappa shape index (κ3) is 7.59. The number of benzene rings is 3. The van der Waals surface area contributed by atoms with Crippen LogP contribution in [0.2, 0.25) is 0 Å². The van der Waals surface area contributed by atoms with Crippen molar-refractivity contribution in [2.45, 2.75) is 85.2 Å². The fraction of sp³-hybridized carbons (Fsp3) is 0.333. The minimum atomic E-state index is -4.51. The van der Waals surface area contributed by atoms with Crippen LogP contribution in [0, 0.1) is 12.7 Å². The van der Waals surface area contributed by atoms with E-state index < -0.39 is 11.9 Å². The third-order valence-electron chi connectivity index (χ3n) is 12.1. The quantitative estimate of drug-likeness (QED) is 0.135. The number of hydrogen-bond acceptors (Lipinski definition) is 6. The van der Waals surface area contributed by atoms with Crippen LogP contribution in [0.4, 0.5) is 28.9 Å². The Kier molecular flexibility index (Phi) is 10.3. The first-order valence-corrected chi connectivity index (χ1v) is 20.9. The van der Waals surface area contributed by atoms with Gasteiger partial charge in [0.05, 0.1) is 41.6 Å². The molecule has 61 heavy (non-hydrogen) atoms. The van der Waals surface area contributed by atoms with Crippen molar-refractivity contribution in [2.75, 3.05) is 22.9 Å². The zero-order valence-corrected chi connectivity index (χ0v) is 35.3. The molecule has 0 amide bonds. The molecule has 2 aliphatic rings. The van der Waals surface area contributed by atoms with Crippen molar-refractivity contribution in [3.63, 3.8) is 0 Å². The van der Waals surface area contributed by atoms with Gasteiger partial charge in [0.15, 0.2) is 5.69 Å². The SMILES string of the molecule is Cc1nc(-c2ccc(Cc3nc(-c4ccccc4C(C)C)c4n3CCN(c3ccc(-c5nc(C(F)(F)F)cn5C)cc3)C4)nc2C(C)C)c2n1CCN(c1ccc(F)cc1)C2. The lowest BCUT2D eigenvalue weighted by Gasteiger charge is -2.31. The number of aromatic nitrogens is 7. The number of nitrogens with zero attached hydrogens (tertiary/aromatic N) is 9. The highest BCUT2D eigenvalue weighted by Crippen LogP contribution is 2.38. The molecule has 0 unspecified atom stereocenters. The molecule has 2 aliphatic heterocycles. The minimum Gasteiger partial charge on any atom is -0.364 e. The second-order valence-electron chi connectivity index (χ2n) is 16.8. The fourth-order valence-electron chi connectivity index (χ4n) is 8.98. The standard InChI is InChI=1S/C48H49F4N9/c1-29(2)37-9-7-8-10-38(37)45-41-27-59(35-16-11-32(12-17-35)47-55-42(28-57(47)6)48(50,51)52)22-24-61(41)43(56-45)25-34-15-20-39(44(54-34)30(3)4)46-40-26-58(21-23-60(40)31(5)53-46)36-18-13-33(49)14-19-36/h7-20,28-30H,21-27H2,1-6H3. The van der Waals surface area contributed by atoms with Gasteiger partial charge in [-0.3, -0.25) is 4.98 Å². The maximum atomic E-state index is 13.8. The number of halogens is 4. The molecule has 0 spiro atoms. The van der Waals surface area contributed by atoms with E-state index in [1.54, 1.807) is 7.05 Å². The summed E-state index contributed by atoms with van der Waals surface area (Å²) in [5.41, 5.74) is 11.1. The van der Waals surface area contributed by atoms with Gasteiger partial charge in [0.25, 0.3) is 0 Å². The minimum absolute atomic E-state index is 0.135.